The van der Waals surface area contributed by atoms with E-state index in [0.29, 0.717) is 16.1 Å². The Morgan fingerprint density at radius 1 is 0.933 bits per heavy atom. The number of carbonyl (C=O) groups is 3. The maximum atomic E-state index is 12.4. The number of nitrogens with one attached hydrogen (secondary N) is 2. The molecule has 1 aromatic heterocycles. The van der Waals surface area contributed by atoms with Gasteiger partial charge >= 0.3 is 0 Å². The Balaban J connectivity index is 1.50. The zero-order chi connectivity index (χ0) is 21.5. The molecule has 2 amide bonds. The van der Waals surface area contributed by atoms with Crippen molar-refractivity contribution in [2.24, 2.45) is 0 Å². The van der Waals surface area contributed by atoms with Crippen molar-refractivity contribution in [2.75, 3.05) is 0 Å². The molecular formula is C23H23N3O3S. The van der Waals surface area contributed by atoms with Crippen LogP contribution in [0, 0.1) is 6.92 Å². The second-order valence-electron chi connectivity index (χ2n) is 6.78. The summed E-state index contributed by atoms with van der Waals surface area (Å²) in [5, 5.41) is 0.740. The molecule has 154 valence electrons. The Bertz CT molecular complexity index is 1040. The Kier molecular flexibility index (Phi) is 7.08. The molecule has 0 fully saturated rings. The zero-order valence-electron chi connectivity index (χ0n) is 16.9. The first-order valence-electron chi connectivity index (χ1n) is 9.72. The van der Waals surface area contributed by atoms with Gasteiger partial charge in [-0.2, -0.15) is 0 Å². The molecule has 7 heteroatoms. The highest BCUT2D eigenvalue weighted by molar-refractivity contribution is 7.17. The fraction of sp³-hybridized carbons (Fsp3) is 0.217. The summed E-state index contributed by atoms with van der Waals surface area (Å²) in [6.07, 6.45) is 0.971. The summed E-state index contributed by atoms with van der Waals surface area (Å²) in [5.41, 5.74) is 8.03. The molecule has 1 heterocycles. The zero-order valence-corrected chi connectivity index (χ0v) is 17.7. The third kappa shape index (κ3) is 5.39. The van der Waals surface area contributed by atoms with Gasteiger partial charge in [-0.1, -0.05) is 61.5 Å². The average molecular weight is 422 g/mol. The van der Waals surface area contributed by atoms with Crippen LogP contribution in [-0.2, 0) is 11.2 Å². The van der Waals surface area contributed by atoms with E-state index in [-0.39, 0.29) is 18.6 Å². The minimum Gasteiger partial charge on any atom is -0.294 e. The molecule has 0 aliphatic rings. The van der Waals surface area contributed by atoms with E-state index < -0.39 is 11.8 Å². The lowest BCUT2D eigenvalue weighted by Crippen LogP contribution is -2.41. The molecule has 3 rings (SSSR count). The molecule has 0 unspecified atom stereocenters. The van der Waals surface area contributed by atoms with Crippen molar-refractivity contribution in [2.45, 2.75) is 33.1 Å². The highest BCUT2D eigenvalue weighted by atomic mass is 32.1. The number of carbonyl (C=O) groups excluding carboxylic acids is 3. The van der Waals surface area contributed by atoms with Crippen molar-refractivity contribution in [1.29, 1.82) is 0 Å². The highest BCUT2D eigenvalue weighted by Gasteiger charge is 2.17. The van der Waals surface area contributed by atoms with Crippen molar-refractivity contribution in [1.82, 2.24) is 15.8 Å². The fourth-order valence-electron chi connectivity index (χ4n) is 2.85. The van der Waals surface area contributed by atoms with Crippen molar-refractivity contribution in [3.8, 4) is 10.6 Å². The van der Waals surface area contributed by atoms with Crippen molar-refractivity contribution in [3.63, 3.8) is 0 Å². The SMILES string of the molecule is CCc1ccc(C(=O)CCC(=O)NNC(=O)c2sc(-c3ccccc3)nc2C)cc1. The number of nitrogens with zero attached hydrogens (tertiary/aromatic N) is 1. The van der Waals surface area contributed by atoms with Crippen LogP contribution in [-0.4, -0.2) is 22.6 Å². The number of benzene rings is 2. The predicted octanol–water partition coefficient (Wildman–Crippen LogP) is 4.11. The van der Waals surface area contributed by atoms with E-state index in [0.717, 1.165) is 22.6 Å². The van der Waals surface area contributed by atoms with E-state index in [1.54, 1.807) is 19.1 Å². The molecule has 6 nitrogen and oxygen atoms in total. The summed E-state index contributed by atoms with van der Waals surface area (Å²) in [7, 11) is 0. The van der Waals surface area contributed by atoms with Crippen LogP contribution in [0.25, 0.3) is 10.6 Å². The Hall–Kier alpha value is -3.32. The van der Waals surface area contributed by atoms with Gasteiger partial charge in [-0.15, -0.1) is 11.3 Å². The van der Waals surface area contributed by atoms with Crippen molar-refractivity contribution >= 4 is 28.9 Å². The average Bonchev–Trinajstić information content (AvgIpc) is 3.18. The summed E-state index contributed by atoms with van der Waals surface area (Å²) < 4.78 is 0. The van der Waals surface area contributed by atoms with Gasteiger partial charge in [0.15, 0.2) is 5.78 Å². The minimum atomic E-state index is -0.429. The van der Waals surface area contributed by atoms with E-state index >= 15 is 0 Å². The molecule has 0 aliphatic carbocycles. The smallest absolute Gasteiger partial charge is 0.281 e. The van der Waals surface area contributed by atoms with Crippen LogP contribution in [0.3, 0.4) is 0 Å². The molecular weight excluding hydrogens is 398 g/mol. The number of Topliss-reactive ketones (excluding diaryl/α,β-unsaturated/α-hetero) is 1. The molecule has 0 radical (unpaired) electrons. The van der Waals surface area contributed by atoms with Gasteiger partial charge in [-0.3, -0.25) is 25.2 Å². The molecule has 0 aliphatic heterocycles. The van der Waals surface area contributed by atoms with Gasteiger partial charge in [0, 0.05) is 24.0 Å². The number of rotatable bonds is 7. The van der Waals surface area contributed by atoms with Crippen LogP contribution in [0.4, 0.5) is 0 Å². The molecule has 30 heavy (non-hydrogen) atoms. The lowest BCUT2D eigenvalue weighted by Gasteiger charge is -2.06. The lowest BCUT2D eigenvalue weighted by atomic mass is 10.0. The van der Waals surface area contributed by atoms with Gasteiger partial charge in [0.05, 0.1) is 5.69 Å². The molecule has 0 saturated carbocycles. The number of hydrogen-bond donors (Lipinski definition) is 2. The van der Waals surface area contributed by atoms with Crippen molar-refractivity contribution in [3.05, 3.63) is 76.3 Å². The fourth-order valence-corrected chi connectivity index (χ4v) is 3.82. The van der Waals surface area contributed by atoms with Gasteiger partial charge in [-0.05, 0) is 18.9 Å². The minimum absolute atomic E-state index is 0.00835. The first kappa shape index (κ1) is 21.4. The van der Waals surface area contributed by atoms with Crippen LogP contribution in [0.2, 0.25) is 0 Å². The third-order valence-corrected chi connectivity index (χ3v) is 5.81. The quantitative estimate of drug-likeness (QED) is 0.444. The Morgan fingerprint density at radius 3 is 2.30 bits per heavy atom. The molecule has 0 atom stereocenters. The number of ketones is 1. The summed E-state index contributed by atoms with van der Waals surface area (Å²) in [5.74, 6) is -0.959. The van der Waals surface area contributed by atoms with Crippen LogP contribution in [0.5, 0.6) is 0 Å². The van der Waals surface area contributed by atoms with Crippen molar-refractivity contribution < 1.29 is 14.4 Å². The summed E-state index contributed by atoms with van der Waals surface area (Å²) >= 11 is 1.26. The van der Waals surface area contributed by atoms with Gasteiger partial charge in [0.1, 0.15) is 9.88 Å². The van der Waals surface area contributed by atoms with E-state index in [1.165, 1.54) is 11.3 Å². The van der Waals surface area contributed by atoms with Crippen LogP contribution in [0.1, 0.15) is 51.1 Å². The van der Waals surface area contributed by atoms with Gasteiger partial charge in [0.25, 0.3) is 5.91 Å². The van der Waals surface area contributed by atoms with Gasteiger partial charge in [0.2, 0.25) is 5.91 Å². The molecule has 3 aromatic rings. The maximum absolute atomic E-state index is 12.4. The monoisotopic (exact) mass is 421 g/mol. The molecule has 0 saturated heterocycles. The van der Waals surface area contributed by atoms with E-state index in [2.05, 4.69) is 15.8 Å². The van der Waals surface area contributed by atoms with Gasteiger partial charge in [-0.25, -0.2) is 4.98 Å². The summed E-state index contributed by atoms with van der Waals surface area (Å²) in [6, 6.07) is 17.0. The first-order valence-corrected chi connectivity index (χ1v) is 10.5. The third-order valence-electron chi connectivity index (χ3n) is 4.60. The Morgan fingerprint density at radius 2 is 1.63 bits per heavy atom. The first-order chi connectivity index (χ1) is 14.5. The molecule has 2 aromatic carbocycles. The topological polar surface area (TPSA) is 88.2 Å². The lowest BCUT2D eigenvalue weighted by molar-refractivity contribution is -0.121. The van der Waals surface area contributed by atoms with E-state index in [4.69, 9.17) is 0 Å². The van der Waals surface area contributed by atoms with Crippen LogP contribution in [0.15, 0.2) is 54.6 Å². The Labute approximate surface area is 179 Å². The highest BCUT2D eigenvalue weighted by Crippen LogP contribution is 2.27. The summed E-state index contributed by atoms with van der Waals surface area (Å²) in [6.45, 7) is 3.80. The number of hydrogen-bond acceptors (Lipinski definition) is 5. The van der Waals surface area contributed by atoms with E-state index in [9.17, 15) is 14.4 Å². The number of amides is 2. The maximum Gasteiger partial charge on any atom is 0.281 e. The molecule has 0 bridgehead atoms. The number of aryl methyl sites for hydroxylation is 2. The van der Waals surface area contributed by atoms with Gasteiger partial charge < -0.3 is 0 Å². The number of aromatic nitrogens is 1. The standard InChI is InChI=1S/C23H23N3O3S/c1-3-16-9-11-17(12-10-16)19(27)13-14-20(28)25-26-22(29)21-15(2)24-23(30-21)18-7-5-4-6-8-18/h4-12H,3,13-14H2,1-2H3,(H,25,28)(H,26,29). The number of thiazole rings is 1. The predicted molar refractivity (Wildman–Crippen MR) is 117 cm³/mol. The largest absolute Gasteiger partial charge is 0.294 e. The van der Waals surface area contributed by atoms with E-state index in [1.807, 2.05) is 49.4 Å². The second-order valence-corrected chi connectivity index (χ2v) is 7.77. The van der Waals surface area contributed by atoms with Crippen LogP contribution < -0.4 is 10.9 Å². The second kappa shape index (κ2) is 9.93. The summed E-state index contributed by atoms with van der Waals surface area (Å²) in [4.78, 5) is 41.5. The van der Waals surface area contributed by atoms with Crippen LogP contribution >= 0.6 is 11.3 Å². The molecule has 2 N–H and O–H groups in total. The number of hydrazine groups is 1. The molecule has 0 spiro atoms. The normalized spacial score (nSPS) is 10.5.